The van der Waals surface area contributed by atoms with Crippen LogP contribution in [0.1, 0.15) is 50.3 Å². The van der Waals surface area contributed by atoms with Crippen molar-refractivity contribution in [3.05, 3.63) is 118 Å². The maximum atomic E-state index is 13.9. The molecule has 1 atom stereocenters. The number of hydrogen-bond acceptors (Lipinski definition) is 5. The van der Waals surface area contributed by atoms with Crippen LogP contribution in [0.3, 0.4) is 0 Å². The lowest BCUT2D eigenvalue weighted by Crippen LogP contribution is -2.39. The lowest BCUT2D eigenvalue weighted by atomic mass is 9.84. The Balaban J connectivity index is 1.60. The van der Waals surface area contributed by atoms with Crippen molar-refractivity contribution in [3.8, 4) is 0 Å². The Morgan fingerprint density at radius 1 is 0.941 bits per heavy atom. The van der Waals surface area contributed by atoms with Gasteiger partial charge < -0.3 is 0 Å². The van der Waals surface area contributed by atoms with E-state index in [1.54, 1.807) is 34.9 Å². The first-order valence-corrected chi connectivity index (χ1v) is 14.0. The van der Waals surface area contributed by atoms with Crippen LogP contribution >= 0.6 is 34.9 Å². The van der Waals surface area contributed by atoms with Crippen molar-refractivity contribution in [2.75, 3.05) is 0 Å². The molecule has 3 nitrogen and oxygen atoms in total. The number of hydrogen-bond donors (Lipinski definition) is 0. The van der Waals surface area contributed by atoms with E-state index in [0.717, 1.165) is 44.1 Å². The molecule has 0 spiro atoms. The van der Waals surface area contributed by atoms with E-state index < -0.39 is 0 Å². The molecule has 34 heavy (non-hydrogen) atoms. The zero-order valence-corrected chi connectivity index (χ0v) is 21.5. The highest BCUT2D eigenvalue weighted by Gasteiger charge is 2.33. The third-order valence-electron chi connectivity index (χ3n) is 6.54. The number of fused-ring (bicyclic) bond motifs is 1. The normalized spacial score (nSPS) is 21.1. The van der Waals surface area contributed by atoms with Crippen LogP contribution in [-0.4, -0.2) is 4.57 Å². The summed E-state index contributed by atoms with van der Waals surface area (Å²) in [6, 6.07) is 20.8. The van der Waals surface area contributed by atoms with Crippen LogP contribution in [-0.2, 0) is 0 Å². The maximum Gasteiger partial charge on any atom is 0.272 e. The zero-order valence-electron chi connectivity index (χ0n) is 19.1. The Labute approximate surface area is 211 Å². The third-order valence-corrected chi connectivity index (χ3v) is 10.5. The summed E-state index contributed by atoms with van der Waals surface area (Å²) in [6.45, 7) is 4.26. The highest BCUT2D eigenvalue weighted by Crippen LogP contribution is 2.49. The topological polar surface area (TPSA) is 34.4 Å². The number of allylic oxidation sites excluding steroid dienone is 4. The van der Waals surface area contributed by atoms with E-state index in [-0.39, 0.29) is 11.6 Å². The van der Waals surface area contributed by atoms with Crippen LogP contribution < -0.4 is 14.9 Å². The van der Waals surface area contributed by atoms with Crippen LogP contribution in [0.15, 0.2) is 97.1 Å². The van der Waals surface area contributed by atoms with Gasteiger partial charge in [0.15, 0.2) is 4.80 Å². The van der Waals surface area contributed by atoms with Gasteiger partial charge in [0.05, 0.1) is 16.0 Å². The SMILES string of the molecule is CC1=C(C)SC(=c2sc3n(c2=O)C(c2ccccc2)C2=C(N=3)C(=Cc3ccccc3)CCC2)S1. The largest absolute Gasteiger partial charge is 0.272 e. The van der Waals surface area contributed by atoms with Crippen LogP contribution in [0.2, 0.25) is 0 Å². The van der Waals surface area contributed by atoms with Gasteiger partial charge in [-0.3, -0.25) is 9.36 Å². The standard InChI is InChI=1S/C28H24N2OS3/c1-17-18(2)33-27(32-17)25-26(31)30-24(20-12-7-4-8-13-20)22-15-9-14-21(23(22)29-28(30)34-25)16-19-10-5-3-6-11-19/h3-8,10-13,16,24H,9,14-15H2,1-2H3. The summed E-state index contributed by atoms with van der Waals surface area (Å²) < 4.78 is 3.86. The lowest BCUT2D eigenvalue weighted by molar-refractivity contribution is 0.553. The Hall–Kier alpha value is -2.54. The molecule has 0 saturated carbocycles. The van der Waals surface area contributed by atoms with Gasteiger partial charge in [0.2, 0.25) is 0 Å². The van der Waals surface area contributed by atoms with E-state index in [2.05, 4.69) is 68.5 Å². The molecule has 2 aromatic carbocycles. The second-order valence-electron chi connectivity index (χ2n) is 8.73. The van der Waals surface area contributed by atoms with E-state index >= 15 is 0 Å². The average Bonchev–Trinajstić information content (AvgIpc) is 3.37. The summed E-state index contributed by atoms with van der Waals surface area (Å²) in [5.74, 6) is 0. The molecule has 0 saturated heterocycles. The molecule has 2 aliphatic heterocycles. The number of rotatable bonds is 2. The van der Waals surface area contributed by atoms with Crippen molar-refractivity contribution in [2.45, 2.75) is 39.2 Å². The number of aromatic nitrogens is 1. The van der Waals surface area contributed by atoms with E-state index in [4.69, 9.17) is 4.99 Å². The van der Waals surface area contributed by atoms with Gasteiger partial charge in [-0.25, -0.2) is 4.99 Å². The summed E-state index contributed by atoms with van der Waals surface area (Å²) >= 11 is 4.98. The van der Waals surface area contributed by atoms with Gasteiger partial charge in [-0.1, -0.05) is 95.5 Å². The fourth-order valence-corrected chi connectivity index (χ4v) is 8.54. The van der Waals surface area contributed by atoms with Gasteiger partial charge in [0.25, 0.3) is 5.56 Å². The molecule has 0 N–H and O–H groups in total. The molecular weight excluding hydrogens is 477 g/mol. The first-order valence-electron chi connectivity index (χ1n) is 11.5. The predicted molar refractivity (Wildman–Crippen MR) is 146 cm³/mol. The fourth-order valence-electron chi connectivity index (χ4n) is 4.80. The molecule has 0 radical (unpaired) electrons. The molecule has 1 aliphatic carbocycles. The number of nitrogens with zero attached hydrogens (tertiary/aromatic N) is 2. The Morgan fingerprint density at radius 3 is 2.32 bits per heavy atom. The zero-order chi connectivity index (χ0) is 23.2. The van der Waals surface area contributed by atoms with Gasteiger partial charge in [0.1, 0.15) is 4.53 Å². The fraction of sp³-hybridized carbons (Fsp3) is 0.214. The van der Waals surface area contributed by atoms with Gasteiger partial charge in [-0.05, 0) is 71.3 Å². The number of thiazole rings is 1. The molecule has 3 heterocycles. The van der Waals surface area contributed by atoms with Crippen LogP contribution in [0, 0.1) is 0 Å². The molecule has 170 valence electrons. The van der Waals surface area contributed by atoms with Crippen molar-refractivity contribution in [1.29, 1.82) is 0 Å². The Morgan fingerprint density at radius 2 is 1.62 bits per heavy atom. The molecule has 6 rings (SSSR count). The van der Waals surface area contributed by atoms with Gasteiger partial charge >= 0.3 is 0 Å². The number of thioether (sulfide) groups is 2. The van der Waals surface area contributed by atoms with Crippen LogP contribution in [0.5, 0.6) is 0 Å². The average molecular weight is 501 g/mol. The Kier molecular flexibility index (Phi) is 5.76. The van der Waals surface area contributed by atoms with Crippen LogP contribution in [0.4, 0.5) is 0 Å². The highest BCUT2D eigenvalue weighted by atomic mass is 32.2. The lowest BCUT2D eigenvalue weighted by Gasteiger charge is -2.31. The summed E-state index contributed by atoms with van der Waals surface area (Å²) in [5.41, 5.74) is 6.05. The first kappa shape index (κ1) is 22.0. The second kappa shape index (κ2) is 8.91. The van der Waals surface area contributed by atoms with E-state index in [1.165, 1.54) is 26.5 Å². The quantitative estimate of drug-likeness (QED) is 0.405. The minimum Gasteiger partial charge on any atom is -0.272 e. The van der Waals surface area contributed by atoms with Crippen LogP contribution in [0.25, 0.3) is 10.3 Å². The van der Waals surface area contributed by atoms with Gasteiger partial charge in [-0.2, -0.15) is 0 Å². The van der Waals surface area contributed by atoms with Crippen molar-refractivity contribution in [1.82, 2.24) is 4.57 Å². The number of benzene rings is 2. The van der Waals surface area contributed by atoms with Gasteiger partial charge in [0, 0.05) is 0 Å². The molecular formula is C28H24N2OS3. The minimum absolute atomic E-state index is 0.0841. The Bertz CT molecular complexity index is 1540. The molecule has 1 aromatic heterocycles. The first-order chi connectivity index (χ1) is 16.6. The summed E-state index contributed by atoms with van der Waals surface area (Å²) in [6.07, 6.45) is 5.31. The van der Waals surface area contributed by atoms with Gasteiger partial charge in [-0.15, -0.1) is 0 Å². The van der Waals surface area contributed by atoms with Crippen molar-refractivity contribution < 1.29 is 0 Å². The summed E-state index contributed by atoms with van der Waals surface area (Å²) in [5, 5.41) is 0. The van der Waals surface area contributed by atoms with Crippen molar-refractivity contribution >= 4 is 45.2 Å². The third kappa shape index (κ3) is 3.78. The van der Waals surface area contributed by atoms with Crippen molar-refractivity contribution in [3.63, 3.8) is 0 Å². The summed E-state index contributed by atoms with van der Waals surface area (Å²) in [7, 11) is 0. The minimum atomic E-state index is -0.104. The smallest absolute Gasteiger partial charge is 0.272 e. The molecule has 1 unspecified atom stereocenters. The molecule has 0 fully saturated rings. The maximum absolute atomic E-state index is 13.9. The van der Waals surface area contributed by atoms with E-state index in [1.807, 2.05) is 16.7 Å². The molecule has 0 amide bonds. The van der Waals surface area contributed by atoms with E-state index in [9.17, 15) is 4.79 Å². The second-order valence-corrected chi connectivity index (χ2v) is 12.4. The monoisotopic (exact) mass is 500 g/mol. The molecule has 3 aliphatic rings. The molecule has 3 aromatic rings. The molecule has 0 bridgehead atoms. The van der Waals surface area contributed by atoms with Crippen molar-refractivity contribution in [2.24, 2.45) is 4.99 Å². The van der Waals surface area contributed by atoms with E-state index in [0.29, 0.717) is 0 Å². The predicted octanol–water partition coefficient (Wildman–Crippen LogP) is 6.45. The highest BCUT2D eigenvalue weighted by molar-refractivity contribution is 8.35. The summed E-state index contributed by atoms with van der Waals surface area (Å²) in [4.78, 5) is 22.4. The molecule has 6 heteroatoms.